The van der Waals surface area contributed by atoms with Gasteiger partial charge in [0.05, 0.1) is 37.9 Å². The highest BCUT2D eigenvalue weighted by molar-refractivity contribution is 7.17. The first-order chi connectivity index (χ1) is 17.4. The summed E-state index contributed by atoms with van der Waals surface area (Å²) in [4.78, 5) is 23.6. The van der Waals surface area contributed by atoms with Crippen molar-refractivity contribution in [3.63, 3.8) is 0 Å². The van der Waals surface area contributed by atoms with Gasteiger partial charge in [-0.25, -0.2) is 23.7 Å². The van der Waals surface area contributed by atoms with Gasteiger partial charge in [0.2, 0.25) is 0 Å². The molecule has 0 radical (unpaired) electrons. The Balaban J connectivity index is 1.55. The minimum Gasteiger partial charge on any atom is -0.465 e. The van der Waals surface area contributed by atoms with Crippen LogP contribution in [0.2, 0.25) is 5.02 Å². The molecule has 9 nitrogen and oxygen atoms in total. The number of carbonyl (C=O) groups excluding carboxylic acids is 1. The predicted molar refractivity (Wildman–Crippen MR) is 135 cm³/mol. The van der Waals surface area contributed by atoms with Crippen molar-refractivity contribution in [1.82, 2.24) is 24.5 Å². The molecular weight excluding hydrogens is 507 g/mol. The number of hydrogen-bond donors (Lipinski definition) is 1. The lowest BCUT2D eigenvalue weighted by Crippen LogP contribution is -2.35. The number of thiazole rings is 1. The first-order valence-corrected chi connectivity index (χ1v) is 12.5. The molecule has 0 atom stereocenters. The number of hydrogen-bond acceptors (Lipinski definition) is 9. The van der Waals surface area contributed by atoms with Crippen molar-refractivity contribution in [1.29, 1.82) is 0 Å². The van der Waals surface area contributed by atoms with Crippen LogP contribution in [0.1, 0.15) is 32.2 Å². The molecule has 12 heteroatoms. The van der Waals surface area contributed by atoms with Crippen LogP contribution in [0.4, 0.5) is 15.3 Å². The number of esters is 1. The maximum Gasteiger partial charge on any atom is 0.349 e. The van der Waals surface area contributed by atoms with Crippen LogP contribution in [0.25, 0.3) is 5.65 Å². The van der Waals surface area contributed by atoms with Crippen molar-refractivity contribution < 1.29 is 18.7 Å². The van der Waals surface area contributed by atoms with Gasteiger partial charge in [0.15, 0.2) is 16.6 Å². The molecule has 4 aromatic rings. The van der Waals surface area contributed by atoms with Crippen molar-refractivity contribution in [2.24, 2.45) is 0 Å². The van der Waals surface area contributed by atoms with Crippen LogP contribution >= 0.6 is 22.9 Å². The molecule has 4 heterocycles. The fraction of sp³-hybridized carbons (Fsp3) is 0.333. The smallest absolute Gasteiger partial charge is 0.349 e. The summed E-state index contributed by atoms with van der Waals surface area (Å²) in [6, 6.07) is 6.59. The van der Waals surface area contributed by atoms with E-state index in [1.54, 1.807) is 16.6 Å². The molecule has 0 amide bonds. The third-order valence-electron chi connectivity index (χ3n) is 5.95. The Bertz CT molecular complexity index is 1420. The van der Waals surface area contributed by atoms with E-state index in [4.69, 9.17) is 31.2 Å². The number of aryl methyl sites for hydroxylation is 1. The molecule has 0 spiro atoms. The molecule has 36 heavy (non-hydrogen) atoms. The zero-order valence-electron chi connectivity index (χ0n) is 19.8. The highest BCUT2D eigenvalue weighted by Gasteiger charge is 2.20. The average Bonchev–Trinajstić information content (AvgIpc) is 3.45. The van der Waals surface area contributed by atoms with E-state index in [0.717, 1.165) is 30.0 Å². The van der Waals surface area contributed by atoms with Crippen LogP contribution in [-0.2, 0) is 22.4 Å². The maximum atomic E-state index is 14.6. The van der Waals surface area contributed by atoms with Crippen LogP contribution in [-0.4, -0.2) is 63.9 Å². The molecule has 0 unspecified atom stereocenters. The van der Waals surface area contributed by atoms with Crippen LogP contribution < -0.4 is 5.32 Å². The molecule has 5 rings (SSSR count). The number of methoxy groups -OCH3 is 1. The van der Waals surface area contributed by atoms with Gasteiger partial charge < -0.3 is 14.8 Å². The average molecular weight is 531 g/mol. The van der Waals surface area contributed by atoms with Crippen LogP contribution in [0.5, 0.6) is 0 Å². The Hall–Kier alpha value is -3.12. The van der Waals surface area contributed by atoms with E-state index in [-0.39, 0.29) is 5.82 Å². The van der Waals surface area contributed by atoms with Crippen molar-refractivity contribution in [2.75, 3.05) is 38.7 Å². The molecule has 1 aliphatic rings. The molecular formula is C24H24ClFN6O3S. The maximum absolute atomic E-state index is 14.6. The van der Waals surface area contributed by atoms with E-state index >= 15 is 0 Å². The number of imidazole rings is 1. The molecule has 188 valence electrons. The summed E-state index contributed by atoms with van der Waals surface area (Å²) >= 11 is 7.11. The predicted octanol–water partition coefficient (Wildman–Crippen LogP) is 4.24. The number of anilines is 2. The van der Waals surface area contributed by atoms with Crippen LogP contribution in [0.3, 0.4) is 0 Å². The number of fused-ring (bicyclic) bond motifs is 1. The molecule has 1 aromatic carbocycles. The Morgan fingerprint density at radius 2 is 2.08 bits per heavy atom. The monoisotopic (exact) mass is 530 g/mol. The molecule has 0 saturated carbocycles. The summed E-state index contributed by atoms with van der Waals surface area (Å²) in [6.45, 7) is 5.53. The third kappa shape index (κ3) is 5.19. The fourth-order valence-electron chi connectivity index (χ4n) is 4.10. The number of halogens is 2. The second kappa shape index (κ2) is 10.5. The lowest BCUT2D eigenvalue weighted by molar-refractivity contribution is 0.0343. The van der Waals surface area contributed by atoms with E-state index in [1.807, 2.05) is 13.0 Å². The second-order valence-electron chi connectivity index (χ2n) is 8.38. The number of rotatable bonds is 7. The summed E-state index contributed by atoms with van der Waals surface area (Å²) in [5.41, 5.74) is 3.71. The van der Waals surface area contributed by atoms with Gasteiger partial charge in [-0.1, -0.05) is 29.0 Å². The first kappa shape index (κ1) is 24.6. The number of carbonyl (C=O) groups is 1. The summed E-state index contributed by atoms with van der Waals surface area (Å²) in [6.07, 6.45) is 1.76. The third-order valence-corrected chi connectivity index (χ3v) is 7.08. The molecule has 0 bridgehead atoms. The number of nitrogens with zero attached hydrogens (tertiary/aromatic N) is 5. The van der Waals surface area contributed by atoms with Crippen molar-refractivity contribution in [3.8, 4) is 0 Å². The highest BCUT2D eigenvalue weighted by Crippen LogP contribution is 2.27. The minimum atomic E-state index is -0.450. The van der Waals surface area contributed by atoms with Crippen molar-refractivity contribution in [3.05, 3.63) is 68.7 Å². The van der Waals surface area contributed by atoms with Crippen LogP contribution in [0, 0.1) is 12.7 Å². The largest absolute Gasteiger partial charge is 0.465 e. The topological polar surface area (TPSA) is 93.9 Å². The van der Waals surface area contributed by atoms with Gasteiger partial charge in [0.1, 0.15) is 10.7 Å². The normalized spacial score (nSPS) is 14.3. The summed E-state index contributed by atoms with van der Waals surface area (Å²) in [7, 11) is 1.33. The second-order valence-corrected chi connectivity index (χ2v) is 9.85. The molecule has 1 aliphatic heterocycles. The minimum absolute atomic E-state index is 0.299. The quantitative estimate of drug-likeness (QED) is 0.355. The van der Waals surface area contributed by atoms with E-state index in [2.05, 4.69) is 15.2 Å². The Morgan fingerprint density at radius 3 is 2.83 bits per heavy atom. The lowest BCUT2D eigenvalue weighted by atomic mass is 10.1. The number of nitrogens with one attached hydrogen (secondary N) is 1. The number of aromatic nitrogens is 4. The number of benzene rings is 1. The summed E-state index contributed by atoms with van der Waals surface area (Å²) in [5.74, 6) is -0.293. The highest BCUT2D eigenvalue weighted by atomic mass is 35.5. The van der Waals surface area contributed by atoms with Gasteiger partial charge in [0, 0.05) is 36.6 Å². The number of ether oxygens (including phenoxy) is 2. The Labute approximate surface area is 215 Å². The van der Waals surface area contributed by atoms with Gasteiger partial charge in [-0.15, -0.1) is 5.10 Å². The van der Waals surface area contributed by atoms with Crippen molar-refractivity contribution >= 4 is 45.5 Å². The molecule has 3 aromatic heterocycles. The van der Waals surface area contributed by atoms with Gasteiger partial charge in [-0.2, -0.15) is 0 Å². The fourth-order valence-corrected chi connectivity index (χ4v) is 5.00. The van der Waals surface area contributed by atoms with Crippen LogP contribution in [0.15, 0.2) is 30.5 Å². The van der Waals surface area contributed by atoms with Gasteiger partial charge >= 0.3 is 5.97 Å². The molecule has 0 aliphatic carbocycles. The SMILES string of the molecule is COC(=O)c1cnc(Nc2cc(CN3CCOCC3)c3nc(C)c(Cc4ccc(Cl)cc4F)n3n2)s1. The van der Waals surface area contributed by atoms with E-state index in [9.17, 15) is 9.18 Å². The summed E-state index contributed by atoms with van der Waals surface area (Å²) in [5, 5.41) is 8.81. The van der Waals surface area contributed by atoms with Gasteiger partial charge in [-0.05, 0) is 30.7 Å². The Morgan fingerprint density at radius 1 is 1.28 bits per heavy atom. The van der Waals surface area contributed by atoms with E-state index in [0.29, 0.717) is 58.2 Å². The number of morpholine rings is 1. The summed E-state index contributed by atoms with van der Waals surface area (Å²) < 4.78 is 26.6. The zero-order valence-corrected chi connectivity index (χ0v) is 21.3. The standard InChI is InChI=1S/C24H24ClFN6O3S/c1-14-19(9-15-3-4-17(25)11-18(15)26)32-22(28-14)16(13-31-5-7-35-8-6-31)10-21(30-32)29-24-27-12-20(36-24)23(33)34-2/h3-4,10-12H,5-9,13H2,1-2H3,(H,27,29,30). The molecule has 1 fully saturated rings. The zero-order chi connectivity index (χ0) is 25.2. The first-order valence-electron chi connectivity index (χ1n) is 11.3. The molecule has 1 saturated heterocycles. The lowest BCUT2D eigenvalue weighted by Gasteiger charge is -2.26. The molecule has 1 N–H and O–H groups in total. The Kier molecular flexibility index (Phi) is 7.15. The van der Waals surface area contributed by atoms with E-state index < -0.39 is 5.97 Å². The van der Waals surface area contributed by atoms with E-state index in [1.165, 1.54) is 30.7 Å². The van der Waals surface area contributed by atoms with Crippen molar-refractivity contribution in [2.45, 2.75) is 19.9 Å². The van der Waals surface area contributed by atoms with Gasteiger partial charge in [-0.3, -0.25) is 4.90 Å². The van der Waals surface area contributed by atoms with Gasteiger partial charge in [0.25, 0.3) is 0 Å².